The number of carbonyl (C=O) groups is 1. The summed E-state index contributed by atoms with van der Waals surface area (Å²) < 4.78 is 5.31. The normalized spacial score (nSPS) is 19.2. The van der Waals surface area contributed by atoms with Crippen LogP contribution in [0, 0.1) is 6.92 Å². The van der Waals surface area contributed by atoms with Gasteiger partial charge in [-0.1, -0.05) is 5.16 Å². The van der Waals surface area contributed by atoms with Crippen LogP contribution < -0.4 is 0 Å². The van der Waals surface area contributed by atoms with Crippen LogP contribution in [0.15, 0.2) is 10.6 Å². The molecule has 2 aliphatic rings. The first kappa shape index (κ1) is 13.1. The third kappa shape index (κ3) is 2.31. The summed E-state index contributed by atoms with van der Waals surface area (Å²) in [6.07, 6.45) is 2.30. The lowest BCUT2D eigenvalue weighted by Crippen LogP contribution is -2.38. The minimum absolute atomic E-state index is 0.0934. The number of fused-ring (bicyclic) bond motifs is 1. The molecule has 0 unspecified atom stereocenters. The van der Waals surface area contributed by atoms with E-state index in [0.717, 1.165) is 54.2 Å². The summed E-state index contributed by atoms with van der Waals surface area (Å²) in [5, 5.41) is 4.77. The van der Waals surface area contributed by atoms with Crippen molar-refractivity contribution < 1.29 is 9.32 Å². The first-order valence-corrected chi connectivity index (χ1v) is 8.53. The second-order valence-corrected chi connectivity index (χ2v) is 6.95. The molecule has 21 heavy (non-hydrogen) atoms. The maximum atomic E-state index is 12.9. The van der Waals surface area contributed by atoms with E-state index < -0.39 is 0 Å². The van der Waals surface area contributed by atoms with Crippen LogP contribution in [0.4, 0.5) is 0 Å². The maximum absolute atomic E-state index is 12.9. The quantitative estimate of drug-likeness (QED) is 0.853. The molecule has 3 heterocycles. The number of pyridine rings is 1. The molecule has 2 aromatic heterocycles. The monoisotopic (exact) mass is 303 g/mol. The number of hydrogen-bond acceptors (Lipinski definition) is 5. The van der Waals surface area contributed by atoms with Crippen LogP contribution in [0.3, 0.4) is 0 Å². The number of nitrogens with zero attached hydrogens (tertiary/aromatic N) is 3. The molecule has 1 saturated heterocycles. The van der Waals surface area contributed by atoms with E-state index in [2.05, 4.69) is 10.1 Å². The van der Waals surface area contributed by atoms with E-state index in [1.165, 1.54) is 0 Å². The molecule has 1 aliphatic carbocycles. The Morgan fingerprint density at radius 1 is 1.38 bits per heavy atom. The molecule has 0 atom stereocenters. The van der Waals surface area contributed by atoms with Gasteiger partial charge in [-0.2, -0.15) is 11.8 Å². The molecular formula is C15H17N3O2S. The minimum Gasteiger partial charge on any atom is -0.337 e. The molecule has 0 spiro atoms. The van der Waals surface area contributed by atoms with Gasteiger partial charge in [0.1, 0.15) is 0 Å². The highest BCUT2D eigenvalue weighted by atomic mass is 32.2. The Bertz CT molecular complexity index is 702. The zero-order valence-corrected chi connectivity index (χ0v) is 12.8. The van der Waals surface area contributed by atoms with Crippen LogP contribution in [-0.4, -0.2) is 45.5 Å². The maximum Gasteiger partial charge on any atom is 0.259 e. The van der Waals surface area contributed by atoms with Crippen molar-refractivity contribution >= 4 is 28.8 Å². The molecule has 1 aliphatic heterocycles. The van der Waals surface area contributed by atoms with Gasteiger partial charge in [-0.25, -0.2) is 4.98 Å². The molecule has 1 saturated carbocycles. The van der Waals surface area contributed by atoms with Crippen LogP contribution >= 0.6 is 11.8 Å². The van der Waals surface area contributed by atoms with E-state index in [-0.39, 0.29) is 5.91 Å². The van der Waals surface area contributed by atoms with Crippen molar-refractivity contribution in [3.8, 4) is 0 Å². The van der Waals surface area contributed by atoms with Gasteiger partial charge in [0, 0.05) is 36.2 Å². The van der Waals surface area contributed by atoms with E-state index >= 15 is 0 Å². The van der Waals surface area contributed by atoms with Gasteiger partial charge in [0.2, 0.25) is 0 Å². The van der Waals surface area contributed by atoms with Gasteiger partial charge in [-0.05, 0) is 25.8 Å². The highest BCUT2D eigenvalue weighted by Crippen LogP contribution is 2.40. The molecule has 0 N–H and O–H groups in total. The Morgan fingerprint density at radius 2 is 2.14 bits per heavy atom. The fourth-order valence-electron chi connectivity index (χ4n) is 2.81. The molecule has 6 heteroatoms. The Kier molecular flexibility index (Phi) is 3.14. The van der Waals surface area contributed by atoms with E-state index in [1.54, 1.807) is 0 Å². The summed E-state index contributed by atoms with van der Waals surface area (Å²) in [6, 6.07) is 1.97. The Morgan fingerprint density at radius 3 is 2.86 bits per heavy atom. The SMILES string of the molecule is Cc1noc2nc(C3CC3)cc(C(=O)N3CCSCC3)c12. The summed E-state index contributed by atoms with van der Waals surface area (Å²) >= 11 is 1.90. The summed E-state index contributed by atoms with van der Waals surface area (Å²) in [6.45, 7) is 3.50. The third-order valence-electron chi connectivity index (χ3n) is 4.16. The first-order chi connectivity index (χ1) is 10.2. The van der Waals surface area contributed by atoms with Crippen LogP contribution in [0.25, 0.3) is 11.1 Å². The average Bonchev–Trinajstić information content (AvgIpc) is 3.31. The standard InChI is InChI=1S/C15H17N3O2S/c1-9-13-11(15(19)18-4-6-21-7-5-18)8-12(10-2-3-10)16-14(13)20-17-9/h8,10H,2-7H2,1H3. The van der Waals surface area contributed by atoms with Crippen LogP contribution in [0.5, 0.6) is 0 Å². The van der Waals surface area contributed by atoms with Crippen molar-refractivity contribution in [2.75, 3.05) is 24.6 Å². The van der Waals surface area contributed by atoms with Gasteiger partial charge in [-0.3, -0.25) is 4.79 Å². The molecule has 110 valence electrons. The van der Waals surface area contributed by atoms with Crippen molar-refractivity contribution in [2.45, 2.75) is 25.7 Å². The number of thioether (sulfide) groups is 1. The average molecular weight is 303 g/mol. The van der Waals surface area contributed by atoms with Gasteiger partial charge in [0.15, 0.2) is 0 Å². The van der Waals surface area contributed by atoms with Crippen LogP contribution in [-0.2, 0) is 0 Å². The van der Waals surface area contributed by atoms with E-state index in [1.807, 2.05) is 29.7 Å². The lowest BCUT2D eigenvalue weighted by atomic mass is 10.1. The van der Waals surface area contributed by atoms with Crippen molar-refractivity contribution in [1.82, 2.24) is 15.0 Å². The molecule has 0 bridgehead atoms. The largest absolute Gasteiger partial charge is 0.337 e. The van der Waals surface area contributed by atoms with Gasteiger partial charge < -0.3 is 9.42 Å². The summed E-state index contributed by atoms with van der Waals surface area (Å²) in [7, 11) is 0. The lowest BCUT2D eigenvalue weighted by Gasteiger charge is -2.26. The number of hydrogen-bond donors (Lipinski definition) is 0. The second kappa shape index (κ2) is 5.02. The Hall–Kier alpha value is -1.56. The minimum atomic E-state index is 0.0934. The third-order valence-corrected chi connectivity index (χ3v) is 5.10. The number of rotatable bonds is 2. The first-order valence-electron chi connectivity index (χ1n) is 7.38. The highest BCUT2D eigenvalue weighted by Gasteiger charge is 2.30. The molecule has 0 aromatic carbocycles. The lowest BCUT2D eigenvalue weighted by molar-refractivity contribution is 0.0774. The van der Waals surface area contributed by atoms with Gasteiger partial charge in [-0.15, -0.1) is 0 Å². The fourth-order valence-corrected chi connectivity index (χ4v) is 3.71. The van der Waals surface area contributed by atoms with Gasteiger partial charge in [0.05, 0.1) is 16.6 Å². The molecule has 0 radical (unpaired) electrons. The molecule has 2 aromatic rings. The van der Waals surface area contributed by atoms with E-state index in [9.17, 15) is 4.79 Å². The van der Waals surface area contributed by atoms with Crippen LogP contribution in [0.1, 0.15) is 40.5 Å². The summed E-state index contributed by atoms with van der Waals surface area (Å²) in [4.78, 5) is 19.4. The van der Waals surface area contributed by atoms with E-state index in [0.29, 0.717) is 17.2 Å². The summed E-state index contributed by atoms with van der Waals surface area (Å²) in [5.41, 5.74) is 2.95. The molecule has 5 nitrogen and oxygen atoms in total. The Labute approximate surface area is 127 Å². The Balaban J connectivity index is 1.81. The predicted molar refractivity (Wildman–Crippen MR) is 81.7 cm³/mol. The van der Waals surface area contributed by atoms with Crippen molar-refractivity contribution in [1.29, 1.82) is 0 Å². The van der Waals surface area contributed by atoms with Crippen molar-refractivity contribution in [2.24, 2.45) is 0 Å². The zero-order valence-electron chi connectivity index (χ0n) is 12.0. The van der Waals surface area contributed by atoms with Crippen LogP contribution in [0.2, 0.25) is 0 Å². The van der Waals surface area contributed by atoms with Crippen molar-refractivity contribution in [3.05, 3.63) is 23.0 Å². The van der Waals surface area contributed by atoms with E-state index in [4.69, 9.17) is 4.52 Å². The smallest absolute Gasteiger partial charge is 0.259 e. The predicted octanol–water partition coefficient (Wildman–Crippen LogP) is 2.60. The molecule has 1 amide bonds. The zero-order chi connectivity index (χ0) is 14.4. The van der Waals surface area contributed by atoms with Crippen molar-refractivity contribution in [3.63, 3.8) is 0 Å². The number of carbonyl (C=O) groups excluding carboxylic acids is 1. The number of aryl methyl sites for hydroxylation is 1. The fraction of sp³-hybridized carbons (Fsp3) is 0.533. The highest BCUT2D eigenvalue weighted by molar-refractivity contribution is 7.99. The number of aromatic nitrogens is 2. The number of amides is 1. The summed E-state index contributed by atoms with van der Waals surface area (Å²) in [5.74, 6) is 2.61. The van der Waals surface area contributed by atoms with Gasteiger partial charge >= 0.3 is 0 Å². The molecule has 4 rings (SSSR count). The molecular weight excluding hydrogens is 286 g/mol. The topological polar surface area (TPSA) is 59.2 Å². The second-order valence-electron chi connectivity index (χ2n) is 5.72. The van der Waals surface area contributed by atoms with Gasteiger partial charge in [0.25, 0.3) is 11.6 Å². The molecule has 2 fully saturated rings.